The smallest absolute Gasteiger partial charge is 0.354 e. The van der Waals surface area contributed by atoms with E-state index in [-0.39, 0.29) is 18.6 Å². The molecule has 0 aromatic heterocycles. The van der Waals surface area contributed by atoms with Crippen molar-refractivity contribution in [3.05, 3.63) is 33.6 Å². The van der Waals surface area contributed by atoms with E-state index in [1.807, 2.05) is 0 Å². The number of anilines is 1. The predicted molar refractivity (Wildman–Crippen MR) is 85.7 cm³/mol. The predicted octanol–water partition coefficient (Wildman–Crippen LogP) is 1.37. The molecular weight excluding hydrogens is 384 g/mol. The van der Waals surface area contributed by atoms with Crippen molar-refractivity contribution in [3.8, 4) is 0 Å². The fraction of sp³-hybridized carbons (Fsp3) is 0.286. The molecular formula is C14H11BrN4O5. The number of nitroso groups, excluding NO2 is 1. The van der Waals surface area contributed by atoms with Crippen molar-refractivity contribution in [1.29, 1.82) is 0 Å². The molecule has 2 heterocycles. The number of hydrogen-bond donors (Lipinski definition) is 0. The van der Waals surface area contributed by atoms with Crippen LogP contribution in [-0.2, 0) is 19.1 Å². The molecule has 1 aromatic rings. The van der Waals surface area contributed by atoms with Crippen molar-refractivity contribution in [2.24, 2.45) is 10.4 Å². The average molecular weight is 395 g/mol. The van der Waals surface area contributed by atoms with Crippen LogP contribution in [0, 0.1) is 4.91 Å². The van der Waals surface area contributed by atoms with Crippen molar-refractivity contribution in [2.75, 3.05) is 12.0 Å². The fourth-order valence-electron chi connectivity index (χ4n) is 2.82. The highest BCUT2D eigenvalue weighted by Gasteiger charge is 2.61. The Morgan fingerprint density at radius 1 is 1.38 bits per heavy atom. The standard InChI is InChI=1S/C14H11BrN4O5/c1-24-12(21)10-6-14(19(16-10)17-23)7-11(20)18(13(14)22)9-4-2-3-8(15)5-9/h2-5H,6-7H2,1H3. The first-order chi connectivity index (χ1) is 11.4. The van der Waals surface area contributed by atoms with Crippen LogP contribution >= 0.6 is 15.9 Å². The van der Waals surface area contributed by atoms with Gasteiger partial charge in [-0.2, -0.15) is 0 Å². The van der Waals surface area contributed by atoms with Crippen LogP contribution in [0.3, 0.4) is 0 Å². The highest BCUT2D eigenvalue weighted by atomic mass is 79.9. The molecule has 0 N–H and O–H groups in total. The number of benzene rings is 1. The maximum atomic E-state index is 12.9. The lowest BCUT2D eigenvalue weighted by molar-refractivity contribution is -0.132. The van der Waals surface area contributed by atoms with Crippen molar-refractivity contribution in [3.63, 3.8) is 0 Å². The minimum absolute atomic E-state index is 0.130. The molecule has 0 bridgehead atoms. The molecule has 0 radical (unpaired) electrons. The van der Waals surface area contributed by atoms with E-state index in [0.29, 0.717) is 15.3 Å². The lowest BCUT2D eigenvalue weighted by atomic mass is 9.92. The first-order valence-corrected chi connectivity index (χ1v) is 7.64. The molecule has 1 atom stereocenters. The van der Waals surface area contributed by atoms with E-state index in [2.05, 4.69) is 31.1 Å². The van der Waals surface area contributed by atoms with E-state index < -0.39 is 23.3 Å². The summed E-state index contributed by atoms with van der Waals surface area (Å²) < 4.78 is 5.25. The van der Waals surface area contributed by atoms with Gasteiger partial charge in [-0.15, -0.1) is 15.1 Å². The van der Waals surface area contributed by atoms with Crippen LogP contribution in [0.4, 0.5) is 5.69 Å². The molecule has 124 valence electrons. The zero-order chi connectivity index (χ0) is 17.5. The van der Waals surface area contributed by atoms with Crippen molar-refractivity contribution >= 4 is 45.1 Å². The summed E-state index contributed by atoms with van der Waals surface area (Å²) >= 11 is 3.28. The number of imide groups is 1. The lowest BCUT2D eigenvalue weighted by Gasteiger charge is -2.24. The van der Waals surface area contributed by atoms with Gasteiger partial charge in [-0.3, -0.25) is 9.59 Å². The van der Waals surface area contributed by atoms with Gasteiger partial charge in [-0.05, 0) is 18.2 Å². The number of hydrazone groups is 1. The Bertz CT molecular complexity index is 795. The number of carbonyl (C=O) groups is 3. The van der Waals surface area contributed by atoms with E-state index in [1.165, 1.54) is 0 Å². The van der Waals surface area contributed by atoms with Crippen LogP contribution in [0.15, 0.2) is 39.1 Å². The second kappa shape index (κ2) is 5.78. The lowest BCUT2D eigenvalue weighted by Crippen LogP contribution is -2.48. The van der Waals surface area contributed by atoms with Crippen LogP contribution in [0.1, 0.15) is 12.8 Å². The third-order valence-corrected chi connectivity index (χ3v) is 4.41. The number of ether oxygens (including phenoxy) is 1. The molecule has 0 saturated carbocycles. The molecule has 2 aliphatic rings. The minimum Gasteiger partial charge on any atom is -0.464 e. The summed E-state index contributed by atoms with van der Waals surface area (Å²) in [4.78, 5) is 49.1. The van der Waals surface area contributed by atoms with Gasteiger partial charge in [0.15, 0.2) is 11.3 Å². The molecule has 2 amide bonds. The van der Waals surface area contributed by atoms with Crippen LogP contribution in [0.25, 0.3) is 0 Å². The Morgan fingerprint density at radius 2 is 2.12 bits per heavy atom. The van der Waals surface area contributed by atoms with Gasteiger partial charge in [-0.1, -0.05) is 22.0 Å². The minimum atomic E-state index is -1.62. The Hall–Kier alpha value is -2.62. The molecule has 10 heteroatoms. The van der Waals surface area contributed by atoms with Gasteiger partial charge in [0.05, 0.1) is 24.5 Å². The molecule has 1 fully saturated rings. The summed E-state index contributed by atoms with van der Waals surface area (Å²) in [5.74, 6) is -1.94. The first kappa shape index (κ1) is 16.2. The number of nitrogens with zero attached hydrogens (tertiary/aromatic N) is 4. The number of amides is 2. The summed E-state index contributed by atoms with van der Waals surface area (Å²) in [6.07, 6.45) is -0.533. The third kappa shape index (κ3) is 2.30. The monoisotopic (exact) mass is 394 g/mol. The molecule has 9 nitrogen and oxygen atoms in total. The van der Waals surface area contributed by atoms with Crippen LogP contribution < -0.4 is 4.90 Å². The largest absolute Gasteiger partial charge is 0.464 e. The summed E-state index contributed by atoms with van der Waals surface area (Å²) in [7, 11) is 1.16. The first-order valence-electron chi connectivity index (χ1n) is 6.85. The Labute approximate surface area is 144 Å². The molecule has 0 aliphatic carbocycles. The summed E-state index contributed by atoms with van der Waals surface area (Å²) in [5, 5.41) is 7.02. The Kier molecular flexibility index (Phi) is 3.91. The van der Waals surface area contributed by atoms with Gasteiger partial charge in [-0.25, -0.2) is 9.69 Å². The molecule has 24 heavy (non-hydrogen) atoms. The van der Waals surface area contributed by atoms with Gasteiger partial charge < -0.3 is 4.74 Å². The topological polar surface area (TPSA) is 109 Å². The van der Waals surface area contributed by atoms with Crippen LogP contribution in [0.2, 0.25) is 0 Å². The van der Waals surface area contributed by atoms with Crippen LogP contribution in [0.5, 0.6) is 0 Å². The van der Waals surface area contributed by atoms with Gasteiger partial charge in [0.2, 0.25) is 5.91 Å². The zero-order valence-corrected chi connectivity index (χ0v) is 14.0. The highest BCUT2D eigenvalue weighted by molar-refractivity contribution is 9.10. The van der Waals surface area contributed by atoms with Gasteiger partial charge >= 0.3 is 5.97 Å². The number of rotatable bonds is 3. The second-order valence-corrected chi connectivity index (χ2v) is 6.22. The molecule has 1 aromatic carbocycles. The number of methoxy groups -OCH3 is 1. The van der Waals surface area contributed by atoms with E-state index in [4.69, 9.17) is 0 Å². The van der Waals surface area contributed by atoms with Gasteiger partial charge in [0, 0.05) is 10.9 Å². The molecule has 1 saturated heterocycles. The van der Waals surface area contributed by atoms with Crippen molar-refractivity contribution in [1.82, 2.24) is 5.12 Å². The summed E-state index contributed by atoms with van der Waals surface area (Å²) in [6, 6.07) is 6.61. The molecule has 3 rings (SSSR count). The van der Waals surface area contributed by atoms with E-state index in [9.17, 15) is 19.3 Å². The maximum Gasteiger partial charge on any atom is 0.354 e. The van der Waals surface area contributed by atoms with E-state index >= 15 is 0 Å². The summed E-state index contributed by atoms with van der Waals surface area (Å²) in [6.45, 7) is 0. The third-order valence-electron chi connectivity index (χ3n) is 3.92. The van der Waals surface area contributed by atoms with Crippen molar-refractivity contribution in [2.45, 2.75) is 18.4 Å². The Balaban J connectivity index is 1.99. The zero-order valence-electron chi connectivity index (χ0n) is 12.4. The normalized spacial score (nSPS) is 23.0. The molecule has 1 spiro atoms. The Morgan fingerprint density at radius 3 is 2.75 bits per heavy atom. The van der Waals surface area contributed by atoms with Gasteiger partial charge in [0.1, 0.15) is 0 Å². The molecule has 2 aliphatic heterocycles. The van der Waals surface area contributed by atoms with E-state index in [1.54, 1.807) is 24.3 Å². The second-order valence-electron chi connectivity index (χ2n) is 5.31. The maximum absolute atomic E-state index is 12.9. The SMILES string of the molecule is COC(=O)C1=NN(N=O)C2(CC(=O)N(c3cccc(Br)c3)C2=O)C1. The fourth-order valence-corrected chi connectivity index (χ4v) is 3.20. The van der Waals surface area contributed by atoms with Crippen molar-refractivity contribution < 1.29 is 19.1 Å². The van der Waals surface area contributed by atoms with Gasteiger partial charge in [0.25, 0.3) is 5.91 Å². The van der Waals surface area contributed by atoms with E-state index in [0.717, 1.165) is 12.0 Å². The van der Waals surface area contributed by atoms with Crippen LogP contribution in [-0.4, -0.2) is 41.3 Å². The number of halogens is 1. The highest BCUT2D eigenvalue weighted by Crippen LogP contribution is 2.40. The average Bonchev–Trinajstić information content (AvgIpc) is 3.05. The molecule has 1 unspecified atom stereocenters. The summed E-state index contributed by atoms with van der Waals surface area (Å²) in [5.41, 5.74) is -1.40. The number of hydrogen-bond acceptors (Lipinski definition) is 7. The number of carbonyl (C=O) groups excluding carboxylic acids is 3. The number of esters is 1. The quantitative estimate of drug-likeness (QED) is 0.435.